The summed E-state index contributed by atoms with van der Waals surface area (Å²) in [4.78, 5) is 19.9. The number of hydrogen-bond acceptors (Lipinski definition) is 5. The number of carbonyl (C=O) groups excluding carboxylic acids is 1. The molecule has 1 saturated heterocycles. The van der Waals surface area contributed by atoms with Crippen LogP contribution in [0.3, 0.4) is 0 Å². The highest BCUT2D eigenvalue weighted by atomic mass is 32.1. The number of aromatic nitrogens is 2. The minimum absolute atomic E-state index is 0.0862. The fraction of sp³-hybridized carbons (Fsp3) is 0.562. The summed E-state index contributed by atoms with van der Waals surface area (Å²) in [7, 11) is 0. The summed E-state index contributed by atoms with van der Waals surface area (Å²) in [5, 5.41) is 6.07. The monoisotopic (exact) mass is 319 g/mol. The Morgan fingerprint density at radius 2 is 2.45 bits per heavy atom. The molecule has 0 unspecified atom stereocenters. The lowest BCUT2D eigenvalue weighted by molar-refractivity contribution is -0.136. The number of rotatable bonds is 4. The average molecular weight is 319 g/mol. The molecule has 118 valence electrons. The molecule has 2 aromatic heterocycles. The third kappa shape index (κ3) is 3.06. The number of nitrogens with zero attached hydrogens (tertiary/aromatic N) is 3. The molecule has 0 radical (unpaired) electrons. The molecule has 3 heterocycles. The Kier molecular flexibility index (Phi) is 4.57. The van der Waals surface area contributed by atoms with Crippen molar-refractivity contribution in [3.8, 4) is 10.7 Å². The fourth-order valence-electron chi connectivity index (χ4n) is 2.77. The maximum absolute atomic E-state index is 12.4. The van der Waals surface area contributed by atoms with Crippen LogP contribution in [0.2, 0.25) is 0 Å². The highest BCUT2D eigenvalue weighted by Gasteiger charge is 2.30. The molecule has 0 N–H and O–H groups in total. The van der Waals surface area contributed by atoms with Gasteiger partial charge in [0.1, 0.15) is 0 Å². The molecule has 2 atom stereocenters. The van der Waals surface area contributed by atoms with Crippen LogP contribution >= 0.6 is 11.3 Å². The third-order valence-corrected chi connectivity index (χ3v) is 5.17. The molecule has 5 nitrogen and oxygen atoms in total. The second-order valence-electron chi connectivity index (χ2n) is 5.87. The van der Waals surface area contributed by atoms with Gasteiger partial charge in [0, 0.05) is 19.0 Å². The number of hydrogen-bond donors (Lipinski definition) is 0. The van der Waals surface area contributed by atoms with Crippen LogP contribution in [0.25, 0.3) is 10.7 Å². The van der Waals surface area contributed by atoms with E-state index in [1.807, 2.05) is 29.3 Å². The van der Waals surface area contributed by atoms with E-state index in [2.05, 4.69) is 17.1 Å². The summed E-state index contributed by atoms with van der Waals surface area (Å²) in [6.07, 6.45) is 2.86. The van der Waals surface area contributed by atoms with E-state index in [-0.39, 0.29) is 17.7 Å². The summed E-state index contributed by atoms with van der Waals surface area (Å²) in [6.45, 7) is 5.57. The van der Waals surface area contributed by atoms with Gasteiger partial charge in [-0.15, -0.1) is 11.3 Å². The van der Waals surface area contributed by atoms with Crippen molar-refractivity contribution in [3.63, 3.8) is 0 Å². The smallest absolute Gasteiger partial charge is 0.231 e. The zero-order valence-corrected chi connectivity index (χ0v) is 13.8. The number of piperidine rings is 1. The molecule has 0 aliphatic carbocycles. The molecule has 0 saturated carbocycles. The molecule has 2 aromatic rings. The zero-order chi connectivity index (χ0) is 15.5. The van der Waals surface area contributed by atoms with Crippen LogP contribution in [-0.4, -0.2) is 34.0 Å². The van der Waals surface area contributed by atoms with Crippen molar-refractivity contribution in [3.05, 3.63) is 23.4 Å². The number of likely N-dealkylation sites (tertiary alicyclic amines) is 1. The van der Waals surface area contributed by atoms with Gasteiger partial charge in [-0.25, -0.2) is 0 Å². The molecular formula is C16H21N3O2S. The quantitative estimate of drug-likeness (QED) is 0.864. The van der Waals surface area contributed by atoms with E-state index in [1.54, 1.807) is 11.3 Å². The molecule has 0 spiro atoms. The largest absolute Gasteiger partial charge is 0.342 e. The summed E-state index contributed by atoms with van der Waals surface area (Å²) >= 11 is 1.60. The van der Waals surface area contributed by atoms with Gasteiger partial charge < -0.3 is 9.42 Å². The van der Waals surface area contributed by atoms with Gasteiger partial charge in [0.25, 0.3) is 0 Å². The van der Waals surface area contributed by atoms with Crippen LogP contribution in [0.5, 0.6) is 0 Å². The van der Waals surface area contributed by atoms with Crippen molar-refractivity contribution in [2.45, 2.75) is 39.0 Å². The molecular weight excluding hydrogens is 298 g/mol. The Balaban J connectivity index is 1.71. The second kappa shape index (κ2) is 6.60. The van der Waals surface area contributed by atoms with Crippen LogP contribution < -0.4 is 0 Å². The number of amides is 1. The van der Waals surface area contributed by atoms with Crippen LogP contribution in [0.1, 0.15) is 44.9 Å². The molecule has 0 aromatic carbocycles. The van der Waals surface area contributed by atoms with E-state index < -0.39 is 0 Å². The summed E-state index contributed by atoms with van der Waals surface area (Å²) in [5.74, 6) is 1.79. The highest BCUT2D eigenvalue weighted by Crippen LogP contribution is 2.29. The summed E-state index contributed by atoms with van der Waals surface area (Å²) in [6, 6.07) is 3.96. The SMILES string of the molecule is CC[C@@H](C)C(=O)N1CCC[C@@H](c2nc(-c3cccs3)no2)C1. The van der Waals surface area contributed by atoms with Crippen molar-refractivity contribution in [2.75, 3.05) is 13.1 Å². The van der Waals surface area contributed by atoms with Gasteiger partial charge >= 0.3 is 0 Å². The van der Waals surface area contributed by atoms with E-state index in [0.29, 0.717) is 18.3 Å². The van der Waals surface area contributed by atoms with Crippen molar-refractivity contribution in [2.24, 2.45) is 5.92 Å². The molecule has 1 amide bonds. The van der Waals surface area contributed by atoms with Gasteiger partial charge in [0.2, 0.25) is 17.6 Å². The predicted octanol–water partition coefficient (Wildman–Crippen LogP) is 3.55. The minimum atomic E-state index is 0.0862. The number of carbonyl (C=O) groups is 1. The molecule has 3 rings (SSSR count). The van der Waals surface area contributed by atoms with E-state index in [0.717, 1.165) is 30.7 Å². The molecule has 1 aliphatic rings. The first kappa shape index (κ1) is 15.2. The van der Waals surface area contributed by atoms with Crippen LogP contribution in [0.4, 0.5) is 0 Å². The first-order valence-electron chi connectivity index (χ1n) is 7.85. The van der Waals surface area contributed by atoms with Gasteiger partial charge in [-0.2, -0.15) is 4.98 Å². The van der Waals surface area contributed by atoms with Crippen LogP contribution in [0.15, 0.2) is 22.0 Å². The molecule has 0 bridgehead atoms. The van der Waals surface area contributed by atoms with Gasteiger partial charge in [0.05, 0.1) is 10.8 Å². The zero-order valence-electron chi connectivity index (χ0n) is 13.0. The lowest BCUT2D eigenvalue weighted by atomic mass is 9.96. The minimum Gasteiger partial charge on any atom is -0.342 e. The lowest BCUT2D eigenvalue weighted by Crippen LogP contribution is -2.41. The Morgan fingerprint density at radius 1 is 1.59 bits per heavy atom. The van der Waals surface area contributed by atoms with Crippen molar-refractivity contribution >= 4 is 17.2 Å². The molecule has 22 heavy (non-hydrogen) atoms. The van der Waals surface area contributed by atoms with Gasteiger partial charge in [0.15, 0.2) is 0 Å². The predicted molar refractivity (Wildman–Crippen MR) is 85.6 cm³/mol. The highest BCUT2D eigenvalue weighted by molar-refractivity contribution is 7.13. The van der Waals surface area contributed by atoms with E-state index in [9.17, 15) is 4.79 Å². The van der Waals surface area contributed by atoms with E-state index >= 15 is 0 Å². The Morgan fingerprint density at radius 3 is 3.18 bits per heavy atom. The summed E-state index contributed by atoms with van der Waals surface area (Å²) < 4.78 is 5.45. The maximum Gasteiger partial charge on any atom is 0.231 e. The van der Waals surface area contributed by atoms with Crippen molar-refractivity contribution in [1.82, 2.24) is 15.0 Å². The van der Waals surface area contributed by atoms with Crippen LogP contribution in [-0.2, 0) is 4.79 Å². The van der Waals surface area contributed by atoms with Crippen molar-refractivity contribution in [1.29, 1.82) is 0 Å². The summed E-state index contributed by atoms with van der Waals surface area (Å²) in [5.41, 5.74) is 0. The average Bonchev–Trinajstić information content (AvgIpc) is 3.24. The Bertz CT molecular complexity index is 623. The fourth-order valence-corrected chi connectivity index (χ4v) is 3.42. The molecule has 6 heteroatoms. The number of thiophene rings is 1. The van der Waals surface area contributed by atoms with Crippen LogP contribution in [0, 0.1) is 5.92 Å². The van der Waals surface area contributed by atoms with Gasteiger partial charge in [-0.05, 0) is 30.7 Å². The lowest BCUT2D eigenvalue weighted by Gasteiger charge is -2.32. The van der Waals surface area contributed by atoms with E-state index in [4.69, 9.17) is 4.52 Å². The third-order valence-electron chi connectivity index (χ3n) is 4.30. The molecule has 1 aliphatic heterocycles. The Labute approximate surface area is 134 Å². The topological polar surface area (TPSA) is 59.2 Å². The van der Waals surface area contributed by atoms with Gasteiger partial charge in [-0.3, -0.25) is 4.79 Å². The normalized spacial score (nSPS) is 20.1. The van der Waals surface area contributed by atoms with Crippen molar-refractivity contribution < 1.29 is 9.32 Å². The second-order valence-corrected chi connectivity index (χ2v) is 6.81. The first-order chi connectivity index (χ1) is 10.7. The Hall–Kier alpha value is -1.69. The van der Waals surface area contributed by atoms with Gasteiger partial charge in [-0.1, -0.05) is 25.1 Å². The van der Waals surface area contributed by atoms with E-state index in [1.165, 1.54) is 0 Å². The first-order valence-corrected chi connectivity index (χ1v) is 8.73. The standard InChI is InChI=1S/C16H21N3O2S/c1-3-11(2)16(20)19-8-4-6-12(10-19)15-17-14(18-21-15)13-7-5-9-22-13/h5,7,9,11-12H,3-4,6,8,10H2,1-2H3/t11-,12-/m1/s1. The molecule has 1 fully saturated rings. The maximum atomic E-state index is 12.4.